The third-order valence-electron chi connectivity index (χ3n) is 3.80. The lowest BCUT2D eigenvalue weighted by Crippen LogP contribution is -2.48. The van der Waals surface area contributed by atoms with Gasteiger partial charge in [-0.2, -0.15) is 0 Å². The van der Waals surface area contributed by atoms with Crippen molar-refractivity contribution in [1.29, 1.82) is 0 Å². The van der Waals surface area contributed by atoms with E-state index in [1.165, 1.54) is 0 Å². The number of carbonyl (C=O) groups excluding carboxylic acids is 1. The predicted octanol–water partition coefficient (Wildman–Crippen LogP) is 2.02. The lowest BCUT2D eigenvalue weighted by molar-refractivity contribution is -0.123. The summed E-state index contributed by atoms with van der Waals surface area (Å²) >= 11 is 0. The molecular weight excluding hydrogens is 306 g/mol. The summed E-state index contributed by atoms with van der Waals surface area (Å²) < 4.78 is 10.6. The summed E-state index contributed by atoms with van der Waals surface area (Å²) in [6, 6.07) is 14.7. The van der Waals surface area contributed by atoms with Gasteiger partial charge in [0.15, 0.2) is 17.5 Å². The van der Waals surface area contributed by atoms with E-state index in [4.69, 9.17) is 9.47 Å². The summed E-state index contributed by atoms with van der Waals surface area (Å²) in [7, 11) is 3.20. The number of methoxy groups -OCH3 is 2. The van der Waals surface area contributed by atoms with Crippen LogP contribution in [0.5, 0.6) is 11.5 Å². The molecule has 0 aromatic heterocycles. The van der Waals surface area contributed by atoms with Crippen molar-refractivity contribution in [3.8, 4) is 11.5 Å². The lowest BCUT2D eigenvalue weighted by Gasteiger charge is -2.22. The molecule has 2 aromatic carbocycles. The monoisotopic (exact) mass is 325 g/mol. The number of ether oxygens (including phenoxy) is 2. The summed E-state index contributed by atoms with van der Waals surface area (Å²) in [5.41, 5.74) is 7.40. The number of aliphatic imine (C=N–C) groups is 1. The van der Waals surface area contributed by atoms with Gasteiger partial charge in [-0.1, -0.05) is 36.4 Å². The van der Waals surface area contributed by atoms with Gasteiger partial charge < -0.3 is 9.47 Å². The van der Waals surface area contributed by atoms with Crippen LogP contribution in [0.1, 0.15) is 17.2 Å². The van der Waals surface area contributed by atoms with Crippen molar-refractivity contribution in [2.45, 2.75) is 12.5 Å². The van der Waals surface area contributed by atoms with E-state index in [9.17, 15) is 4.79 Å². The molecule has 0 fully saturated rings. The normalized spacial score (nSPS) is 16.7. The fourth-order valence-corrected chi connectivity index (χ4v) is 2.58. The second-order valence-electron chi connectivity index (χ2n) is 5.37. The maximum absolute atomic E-state index is 12.1. The van der Waals surface area contributed by atoms with E-state index in [1.54, 1.807) is 14.2 Å². The van der Waals surface area contributed by atoms with Crippen molar-refractivity contribution in [2.75, 3.05) is 14.2 Å². The zero-order valence-electron chi connectivity index (χ0n) is 13.6. The van der Waals surface area contributed by atoms with Crippen LogP contribution in [0, 0.1) is 0 Å². The Labute approximate surface area is 140 Å². The topological polar surface area (TPSA) is 72.0 Å². The third kappa shape index (κ3) is 3.32. The molecule has 1 aliphatic rings. The highest BCUT2D eigenvalue weighted by Gasteiger charge is 2.24. The minimum atomic E-state index is -0.539. The standard InChI is InChI=1S/C18H19N3O3/c1-23-14-9-8-12(10-15(14)24-2)11-16-19-17(18(22)21-20-16)13-6-4-3-5-7-13/h3-10,17H,11H2,1-2H3,(H,19,20)(H,21,22). The number of hydrazine groups is 1. The smallest absolute Gasteiger partial charge is 0.267 e. The summed E-state index contributed by atoms with van der Waals surface area (Å²) in [6.45, 7) is 0. The Hall–Kier alpha value is -3.02. The fourth-order valence-electron chi connectivity index (χ4n) is 2.58. The van der Waals surface area contributed by atoms with Gasteiger partial charge in [-0.05, 0) is 23.3 Å². The van der Waals surface area contributed by atoms with Gasteiger partial charge in [0.05, 0.1) is 14.2 Å². The van der Waals surface area contributed by atoms with Crippen molar-refractivity contribution in [1.82, 2.24) is 10.9 Å². The van der Waals surface area contributed by atoms with Gasteiger partial charge in [-0.25, -0.2) is 0 Å². The minimum Gasteiger partial charge on any atom is -0.493 e. The molecule has 1 unspecified atom stereocenters. The molecule has 0 bridgehead atoms. The van der Waals surface area contributed by atoms with Gasteiger partial charge >= 0.3 is 0 Å². The number of hydrogen-bond acceptors (Lipinski definition) is 5. The molecule has 6 nitrogen and oxygen atoms in total. The molecule has 1 atom stereocenters. The number of nitrogens with one attached hydrogen (secondary N) is 2. The number of amides is 1. The quantitative estimate of drug-likeness (QED) is 0.882. The molecule has 1 amide bonds. The first-order valence-electron chi connectivity index (χ1n) is 7.59. The highest BCUT2D eigenvalue weighted by Crippen LogP contribution is 2.28. The maximum atomic E-state index is 12.1. The number of hydrogen-bond donors (Lipinski definition) is 2. The molecular formula is C18H19N3O3. The van der Waals surface area contributed by atoms with Crippen molar-refractivity contribution in [3.05, 3.63) is 59.7 Å². The molecule has 6 heteroatoms. The fraction of sp³-hybridized carbons (Fsp3) is 0.222. The predicted molar refractivity (Wildman–Crippen MR) is 91.1 cm³/mol. The first-order valence-corrected chi connectivity index (χ1v) is 7.59. The average molecular weight is 325 g/mol. The van der Waals surface area contributed by atoms with Gasteiger partial charge in [0.25, 0.3) is 5.91 Å². The zero-order valence-corrected chi connectivity index (χ0v) is 13.6. The second kappa shape index (κ2) is 7.04. The van der Waals surface area contributed by atoms with E-state index in [2.05, 4.69) is 15.8 Å². The molecule has 0 saturated heterocycles. The zero-order chi connectivity index (χ0) is 16.9. The Bertz CT molecular complexity index is 759. The molecule has 0 radical (unpaired) electrons. The minimum absolute atomic E-state index is 0.169. The van der Waals surface area contributed by atoms with Crippen LogP contribution >= 0.6 is 0 Å². The summed E-state index contributed by atoms with van der Waals surface area (Å²) in [5.74, 6) is 1.86. The van der Waals surface area contributed by atoms with Gasteiger partial charge in [0.2, 0.25) is 0 Å². The maximum Gasteiger partial charge on any atom is 0.267 e. The Kier molecular flexibility index (Phi) is 4.65. The molecule has 2 N–H and O–H groups in total. The van der Waals surface area contributed by atoms with Gasteiger partial charge in [-0.15, -0.1) is 0 Å². The van der Waals surface area contributed by atoms with E-state index in [0.717, 1.165) is 11.1 Å². The second-order valence-corrected chi connectivity index (χ2v) is 5.37. The van der Waals surface area contributed by atoms with Crippen molar-refractivity contribution < 1.29 is 14.3 Å². The van der Waals surface area contributed by atoms with E-state index in [-0.39, 0.29) is 5.91 Å². The number of nitrogens with zero attached hydrogens (tertiary/aromatic N) is 1. The summed E-state index contributed by atoms with van der Waals surface area (Å²) in [5, 5.41) is 0. The van der Waals surface area contributed by atoms with E-state index < -0.39 is 6.04 Å². The molecule has 124 valence electrons. The molecule has 0 spiro atoms. The van der Waals surface area contributed by atoms with Crippen LogP contribution in [-0.4, -0.2) is 26.0 Å². The molecule has 2 aromatic rings. The number of amidine groups is 1. The largest absolute Gasteiger partial charge is 0.493 e. The number of benzene rings is 2. The van der Waals surface area contributed by atoms with Crippen molar-refractivity contribution in [2.24, 2.45) is 4.99 Å². The van der Waals surface area contributed by atoms with E-state index >= 15 is 0 Å². The SMILES string of the molecule is COc1ccc(CC2=NC(c3ccccc3)C(=O)NN2)cc1OC. The summed E-state index contributed by atoms with van der Waals surface area (Å²) in [4.78, 5) is 16.6. The van der Waals surface area contributed by atoms with Crippen LogP contribution in [0.3, 0.4) is 0 Å². The van der Waals surface area contributed by atoms with Gasteiger partial charge in [0, 0.05) is 6.42 Å². The highest BCUT2D eigenvalue weighted by atomic mass is 16.5. The van der Waals surface area contributed by atoms with Crippen LogP contribution in [0.4, 0.5) is 0 Å². The Morgan fingerprint density at radius 3 is 2.46 bits per heavy atom. The van der Waals surface area contributed by atoms with Crippen LogP contribution in [0.25, 0.3) is 0 Å². The first-order chi connectivity index (χ1) is 11.7. The molecule has 1 aliphatic heterocycles. The lowest BCUT2D eigenvalue weighted by atomic mass is 10.1. The van der Waals surface area contributed by atoms with E-state index in [1.807, 2.05) is 48.5 Å². The van der Waals surface area contributed by atoms with Crippen LogP contribution in [0.2, 0.25) is 0 Å². The number of carbonyl (C=O) groups is 1. The Balaban J connectivity index is 1.83. The summed E-state index contributed by atoms with van der Waals surface area (Å²) in [6.07, 6.45) is 0.546. The van der Waals surface area contributed by atoms with Crippen LogP contribution < -0.4 is 20.3 Å². The van der Waals surface area contributed by atoms with Crippen LogP contribution in [0.15, 0.2) is 53.5 Å². The highest BCUT2D eigenvalue weighted by molar-refractivity contribution is 5.95. The Morgan fingerprint density at radius 2 is 1.75 bits per heavy atom. The molecule has 1 heterocycles. The number of rotatable bonds is 5. The Morgan fingerprint density at radius 1 is 1.00 bits per heavy atom. The van der Waals surface area contributed by atoms with Gasteiger partial charge in [-0.3, -0.25) is 20.6 Å². The molecule has 0 aliphatic carbocycles. The average Bonchev–Trinajstić information content (AvgIpc) is 2.64. The molecule has 3 rings (SSSR count). The molecule has 24 heavy (non-hydrogen) atoms. The first kappa shape index (κ1) is 15.9. The van der Waals surface area contributed by atoms with Crippen LogP contribution in [-0.2, 0) is 11.2 Å². The third-order valence-corrected chi connectivity index (χ3v) is 3.80. The van der Waals surface area contributed by atoms with Crippen molar-refractivity contribution in [3.63, 3.8) is 0 Å². The van der Waals surface area contributed by atoms with Crippen molar-refractivity contribution >= 4 is 11.7 Å². The van der Waals surface area contributed by atoms with Gasteiger partial charge in [0.1, 0.15) is 5.84 Å². The van der Waals surface area contributed by atoms with E-state index in [0.29, 0.717) is 23.8 Å². The molecule has 0 saturated carbocycles.